The van der Waals surface area contributed by atoms with Crippen molar-refractivity contribution in [2.75, 3.05) is 0 Å². The number of alkyl halides is 1. The van der Waals surface area contributed by atoms with Gasteiger partial charge in [0.05, 0.1) is 4.83 Å². The SMILES string of the molecule is Cc1ccc(C(Br)c2cc(Cl)ccc2I)c2ccccc12. The van der Waals surface area contributed by atoms with Gasteiger partial charge in [-0.3, -0.25) is 0 Å². The third-order valence-electron chi connectivity index (χ3n) is 3.68. The van der Waals surface area contributed by atoms with Crippen molar-refractivity contribution in [2.45, 2.75) is 11.8 Å². The summed E-state index contributed by atoms with van der Waals surface area (Å²) in [4.78, 5) is 0.133. The number of hydrogen-bond donors (Lipinski definition) is 0. The summed E-state index contributed by atoms with van der Waals surface area (Å²) in [5, 5.41) is 3.36. The van der Waals surface area contributed by atoms with E-state index in [9.17, 15) is 0 Å². The molecule has 0 amide bonds. The highest BCUT2D eigenvalue weighted by Gasteiger charge is 2.17. The lowest BCUT2D eigenvalue weighted by Gasteiger charge is -2.16. The Morgan fingerprint density at radius 2 is 1.67 bits per heavy atom. The molecule has 21 heavy (non-hydrogen) atoms. The monoisotopic (exact) mass is 470 g/mol. The Hall–Kier alpha value is -0.580. The van der Waals surface area contributed by atoms with Gasteiger partial charge in [0.1, 0.15) is 0 Å². The van der Waals surface area contributed by atoms with E-state index in [1.54, 1.807) is 0 Å². The summed E-state index contributed by atoms with van der Waals surface area (Å²) < 4.78 is 1.21. The molecule has 0 spiro atoms. The molecule has 0 saturated heterocycles. The number of fused-ring (bicyclic) bond motifs is 1. The average molecular weight is 472 g/mol. The molecule has 0 saturated carbocycles. The van der Waals surface area contributed by atoms with Crippen LogP contribution in [0.2, 0.25) is 5.02 Å². The molecule has 3 rings (SSSR count). The molecule has 0 aliphatic rings. The molecule has 0 aliphatic heterocycles. The maximum absolute atomic E-state index is 6.17. The highest BCUT2D eigenvalue weighted by molar-refractivity contribution is 14.1. The predicted molar refractivity (Wildman–Crippen MR) is 104 cm³/mol. The molecule has 1 unspecified atom stereocenters. The molecule has 0 aromatic heterocycles. The Bertz CT molecular complexity index is 813. The molecular weight excluding hydrogens is 458 g/mol. The fourth-order valence-corrected chi connectivity index (χ4v) is 4.60. The van der Waals surface area contributed by atoms with Gasteiger partial charge in [-0.1, -0.05) is 63.9 Å². The molecule has 0 N–H and O–H groups in total. The predicted octanol–water partition coefficient (Wildman–Crippen LogP) is 6.89. The zero-order valence-electron chi connectivity index (χ0n) is 11.4. The minimum atomic E-state index is 0.133. The molecule has 0 bridgehead atoms. The van der Waals surface area contributed by atoms with Gasteiger partial charge in [0.2, 0.25) is 0 Å². The standard InChI is InChI=1S/C18H13BrClI/c1-11-6-8-15(14-5-3-2-4-13(11)14)18(19)16-10-12(20)7-9-17(16)21/h2-10,18H,1H3. The molecule has 3 heteroatoms. The molecule has 0 aliphatic carbocycles. The molecule has 0 nitrogen and oxygen atoms in total. The fraction of sp³-hybridized carbons (Fsp3) is 0.111. The Labute approximate surface area is 151 Å². The van der Waals surface area contributed by atoms with E-state index in [0.717, 1.165) is 5.02 Å². The Kier molecular flexibility index (Phi) is 4.57. The molecule has 0 radical (unpaired) electrons. The summed E-state index contributed by atoms with van der Waals surface area (Å²) >= 11 is 12.4. The van der Waals surface area contributed by atoms with Gasteiger partial charge in [0.25, 0.3) is 0 Å². The zero-order valence-corrected chi connectivity index (χ0v) is 15.9. The maximum atomic E-state index is 6.17. The van der Waals surface area contributed by atoms with E-state index < -0.39 is 0 Å². The molecule has 1 atom stereocenters. The van der Waals surface area contributed by atoms with Crippen LogP contribution in [0.15, 0.2) is 54.6 Å². The first kappa shape index (κ1) is 15.3. The van der Waals surface area contributed by atoms with Crippen LogP contribution in [0.4, 0.5) is 0 Å². The number of rotatable bonds is 2. The number of halogens is 3. The zero-order chi connectivity index (χ0) is 15.0. The van der Waals surface area contributed by atoms with Crippen molar-refractivity contribution < 1.29 is 0 Å². The van der Waals surface area contributed by atoms with Crippen LogP contribution in [-0.2, 0) is 0 Å². The molecule has 3 aromatic carbocycles. The van der Waals surface area contributed by atoms with Crippen molar-refractivity contribution in [1.29, 1.82) is 0 Å². The van der Waals surface area contributed by atoms with E-state index in [4.69, 9.17) is 11.6 Å². The largest absolute Gasteiger partial charge is 0.0843 e. The van der Waals surface area contributed by atoms with Crippen LogP contribution in [0.5, 0.6) is 0 Å². The minimum Gasteiger partial charge on any atom is -0.0843 e. The molecule has 3 aromatic rings. The van der Waals surface area contributed by atoms with Crippen molar-refractivity contribution in [3.05, 3.63) is 79.9 Å². The van der Waals surface area contributed by atoms with Crippen molar-refractivity contribution in [1.82, 2.24) is 0 Å². The van der Waals surface area contributed by atoms with Crippen molar-refractivity contribution >= 4 is 60.9 Å². The second kappa shape index (κ2) is 6.27. The highest BCUT2D eigenvalue weighted by Crippen LogP contribution is 2.39. The van der Waals surface area contributed by atoms with Crippen LogP contribution in [0.1, 0.15) is 21.5 Å². The van der Waals surface area contributed by atoms with E-state index in [0.29, 0.717) is 0 Å². The lowest BCUT2D eigenvalue weighted by Crippen LogP contribution is -1.97. The van der Waals surface area contributed by atoms with E-state index in [1.807, 2.05) is 12.1 Å². The van der Waals surface area contributed by atoms with Gasteiger partial charge in [0.15, 0.2) is 0 Å². The fourth-order valence-electron chi connectivity index (χ4n) is 2.57. The second-order valence-corrected chi connectivity index (χ2v) is 7.56. The quantitative estimate of drug-likeness (QED) is 0.282. The van der Waals surface area contributed by atoms with Crippen LogP contribution in [-0.4, -0.2) is 0 Å². The van der Waals surface area contributed by atoms with Crippen LogP contribution < -0.4 is 0 Å². The van der Waals surface area contributed by atoms with E-state index >= 15 is 0 Å². The summed E-state index contributed by atoms with van der Waals surface area (Å²) in [7, 11) is 0. The van der Waals surface area contributed by atoms with Gasteiger partial charge >= 0.3 is 0 Å². The summed E-state index contributed by atoms with van der Waals surface area (Å²) in [5.74, 6) is 0. The van der Waals surface area contributed by atoms with E-state index in [1.165, 1.54) is 31.0 Å². The van der Waals surface area contributed by atoms with Crippen molar-refractivity contribution in [3.8, 4) is 0 Å². The van der Waals surface area contributed by atoms with E-state index in [-0.39, 0.29) is 4.83 Å². The van der Waals surface area contributed by atoms with Crippen LogP contribution in [0.25, 0.3) is 10.8 Å². The van der Waals surface area contributed by atoms with Gasteiger partial charge in [-0.15, -0.1) is 0 Å². The Morgan fingerprint density at radius 1 is 0.952 bits per heavy atom. The summed E-state index contributed by atoms with van der Waals surface area (Å²) in [6, 6.07) is 19.0. The smallest absolute Gasteiger partial charge is 0.0661 e. The summed E-state index contributed by atoms with van der Waals surface area (Å²) in [6.45, 7) is 2.15. The molecule has 0 heterocycles. The average Bonchev–Trinajstić information content (AvgIpc) is 2.50. The summed E-state index contributed by atoms with van der Waals surface area (Å²) in [6.07, 6.45) is 0. The van der Waals surface area contributed by atoms with Gasteiger partial charge in [-0.2, -0.15) is 0 Å². The number of aryl methyl sites for hydroxylation is 1. The van der Waals surface area contributed by atoms with E-state index in [2.05, 4.69) is 87.9 Å². The van der Waals surface area contributed by atoms with Gasteiger partial charge in [-0.05, 0) is 75.2 Å². The van der Waals surface area contributed by atoms with Gasteiger partial charge < -0.3 is 0 Å². The topological polar surface area (TPSA) is 0 Å². The number of hydrogen-bond acceptors (Lipinski definition) is 0. The van der Waals surface area contributed by atoms with Gasteiger partial charge in [-0.25, -0.2) is 0 Å². The Morgan fingerprint density at radius 3 is 2.43 bits per heavy atom. The molecular formula is C18H13BrClI. The lowest BCUT2D eigenvalue weighted by molar-refractivity contribution is 1.18. The van der Waals surface area contributed by atoms with Gasteiger partial charge in [0, 0.05) is 8.59 Å². The molecule has 0 fully saturated rings. The maximum Gasteiger partial charge on any atom is 0.0661 e. The lowest BCUT2D eigenvalue weighted by atomic mass is 9.96. The van der Waals surface area contributed by atoms with Crippen LogP contribution in [0, 0.1) is 10.5 Å². The highest BCUT2D eigenvalue weighted by atomic mass is 127. The molecule has 106 valence electrons. The minimum absolute atomic E-state index is 0.133. The van der Waals surface area contributed by atoms with Crippen LogP contribution >= 0.6 is 50.1 Å². The van der Waals surface area contributed by atoms with Crippen LogP contribution in [0.3, 0.4) is 0 Å². The number of benzene rings is 3. The Balaban J connectivity index is 2.20. The normalized spacial score (nSPS) is 12.6. The summed E-state index contributed by atoms with van der Waals surface area (Å²) in [5.41, 5.74) is 3.78. The second-order valence-electron chi connectivity index (χ2n) is 5.05. The first-order chi connectivity index (χ1) is 10.1. The van der Waals surface area contributed by atoms with Crippen molar-refractivity contribution in [3.63, 3.8) is 0 Å². The third kappa shape index (κ3) is 2.99. The third-order valence-corrected chi connectivity index (χ3v) is 5.88. The van der Waals surface area contributed by atoms with Crippen molar-refractivity contribution in [2.24, 2.45) is 0 Å². The first-order valence-electron chi connectivity index (χ1n) is 6.65. The first-order valence-corrected chi connectivity index (χ1v) is 9.02.